The fourth-order valence-corrected chi connectivity index (χ4v) is 1.12. The van der Waals surface area contributed by atoms with Gasteiger partial charge in [-0.2, -0.15) is 3.84 Å². The van der Waals surface area contributed by atoms with Crippen molar-refractivity contribution in [1.29, 1.82) is 0 Å². The van der Waals surface area contributed by atoms with Crippen LogP contribution in [0.4, 0.5) is 0 Å². The average Bonchev–Trinajstić information content (AvgIpc) is 2.20. The number of hydrogen-bond donors (Lipinski definition) is 1. The summed E-state index contributed by atoms with van der Waals surface area (Å²) >= 11 is 8.53. The van der Waals surface area contributed by atoms with E-state index in [4.69, 9.17) is 0 Å². The predicted octanol–water partition coefficient (Wildman–Crippen LogP) is 2.46. The molecule has 0 aliphatic rings. The summed E-state index contributed by atoms with van der Waals surface area (Å²) in [4.78, 5) is 14.2. The quantitative estimate of drug-likeness (QED) is 0.760. The Kier molecular flexibility index (Phi) is 7.48. The van der Waals surface area contributed by atoms with E-state index in [0.29, 0.717) is 0 Å². The summed E-state index contributed by atoms with van der Waals surface area (Å²) in [6, 6.07) is 8.99. The number of H-pyrrole nitrogens is 1. The maximum Gasteiger partial charge on any atom is 0.189 e. The van der Waals surface area contributed by atoms with Crippen LogP contribution in [0.3, 0.4) is 0 Å². The minimum Gasteiger partial charge on any atom is -0.361 e. The molecule has 1 aromatic carbocycles. The van der Waals surface area contributed by atoms with Crippen LogP contribution in [0.5, 0.6) is 0 Å². The van der Waals surface area contributed by atoms with Gasteiger partial charge < -0.3 is 4.98 Å². The molecule has 0 amide bonds. The third-order valence-corrected chi connectivity index (χ3v) is 1.67. The Balaban J connectivity index is 0.000000443. The first kappa shape index (κ1) is 14.5. The van der Waals surface area contributed by atoms with E-state index in [1.54, 1.807) is 6.20 Å². The first-order valence-electron chi connectivity index (χ1n) is 3.75. The van der Waals surface area contributed by atoms with Gasteiger partial charge in [-0.3, -0.25) is 4.79 Å². The van der Waals surface area contributed by atoms with Gasteiger partial charge in [0, 0.05) is 40.2 Å². The van der Waals surface area contributed by atoms with Crippen molar-refractivity contribution in [2.75, 3.05) is 0 Å². The second-order valence-electron chi connectivity index (χ2n) is 2.45. The van der Waals surface area contributed by atoms with Crippen molar-refractivity contribution >= 4 is 51.7 Å². The Hall–Kier alpha value is -0.511. The summed E-state index contributed by atoms with van der Waals surface area (Å²) in [5.41, 5.74) is 0.958. The Labute approximate surface area is 107 Å². The minimum absolute atomic E-state index is 0. The summed E-state index contributed by atoms with van der Waals surface area (Å²) < 4.78 is 3.19. The van der Waals surface area contributed by atoms with E-state index in [0.717, 1.165) is 10.9 Å². The molecule has 0 atom stereocenters. The summed E-state index contributed by atoms with van der Waals surface area (Å²) in [5.74, 6) is 0. The zero-order valence-electron chi connectivity index (χ0n) is 7.44. The molecular weight excluding hydrogens is 304 g/mol. The van der Waals surface area contributed by atoms with Gasteiger partial charge in [0.1, 0.15) is 0 Å². The van der Waals surface area contributed by atoms with E-state index in [1.807, 2.05) is 24.3 Å². The fourth-order valence-electron chi connectivity index (χ4n) is 1.12. The molecule has 0 aliphatic carbocycles. The Bertz CT molecular complexity index is 456. The number of rotatable bonds is 0. The molecule has 0 saturated carbocycles. The molecule has 0 saturated heterocycles. The van der Waals surface area contributed by atoms with E-state index in [2.05, 4.69) is 32.6 Å². The summed E-state index contributed by atoms with van der Waals surface area (Å²) in [6.07, 6.45) is 1.66. The van der Waals surface area contributed by atoms with Gasteiger partial charge in [-0.1, -0.05) is 12.1 Å². The van der Waals surface area contributed by atoms with Gasteiger partial charge in [0.2, 0.25) is 0 Å². The van der Waals surface area contributed by atoms with Crippen molar-refractivity contribution in [3.05, 3.63) is 46.8 Å². The number of fused-ring (bicyclic) bond motifs is 1. The molecule has 1 N–H and O–H groups in total. The number of aromatic nitrogens is 1. The van der Waals surface area contributed by atoms with Crippen molar-refractivity contribution < 1.29 is 3.84 Å². The molecule has 2 aromatic rings. The van der Waals surface area contributed by atoms with E-state index < -0.39 is 0 Å². The standard InChI is InChI=1S/C9H7NO.Cl2O.Se/c11-9-5-6-10-8-4-2-1-3-7(8)9;1-3-2;/h1-6H,(H,10,11);;. The molecule has 0 unspecified atom stereocenters. The first-order valence-corrected chi connectivity index (χ1v) is 4.37. The smallest absolute Gasteiger partial charge is 0.189 e. The molecule has 80 valence electrons. The van der Waals surface area contributed by atoms with Crippen molar-refractivity contribution in [2.24, 2.45) is 0 Å². The Morgan fingerprint density at radius 2 is 1.73 bits per heavy atom. The predicted molar refractivity (Wildman–Crippen MR) is 63.1 cm³/mol. The number of nitrogens with one attached hydrogen (secondary N) is 1. The molecule has 15 heavy (non-hydrogen) atoms. The number of halogens is 2. The zero-order chi connectivity index (χ0) is 10.4. The minimum atomic E-state index is 0. The van der Waals surface area contributed by atoms with Crippen LogP contribution >= 0.6 is 23.7 Å². The van der Waals surface area contributed by atoms with Gasteiger partial charge in [-0.05, 0) is 12.1 Å². The van der Waals surface area contributed by atoms with E-state index in [1.165, 1.54) is 6.07 Å². The van der Waals surface area contributed by atoms with Crippen molar-refractivity contribution in [3.63, 3.8) is 0 Å². The van der Waals surface area contributed by atoms with E-state index >= 15 is 0 Å². The summed E-state index contributed by atoms with van der Waals surface area (Å²) in [6.45, 7) is 0. The molecule has 2 rings (SSSR count). The molecule has 0 aliphatic heterocycles. The number of pyridine rings is 1. The maximum atomic E-state index is 11.2. The molecule has 3 nitrogen and oxygen atoms in total. The second kappa shape index (κ2) is 7.74. The summed E-state index contributed by atoms with van der Waals surface area (Å²) in [7, 11) is 0. The van der Waals surface area contributed by atoms with Crippen LogP contribution in [0.1, 0.15) is 0 Å². The first-order chi connectivity index (χ1) is 6.79. The van der Waals surface area contributed by atoms with Gasteiger partial charge in [-0.25, -0.2) is 0 Å². The molecule has 0 spiro atoms. The summed E-state index contributed by atoms with van der Waals surface area (Å²) in [5, 5.41) is 0.745. The SMILES string of the molecule is ClOCl.O=c1cc[nH]c2ccccc12.[Se]. The molecule has 6 heteroatoms. The van der Waals surface area contributed by atoms with Gasteiger partial charge >= 0.3 is 0 Å². The third kappa shape index (κ3) is 4.24. The van der Waals surface area contributed by atoms with E-state index in [-0.39, 0.29) is 22.5 Å². The van der Waals surface area contributed by atoms with Gasteiger partial charge in [0.25, 0.3) is 0 Å². The molecule has 1 heterocycles. The normalized spacial score (nSPS) is 8.67. The number of benzene rings is 1. The number of para-hydroxylation sites is 1. The van der Waals surface area contributed by atoms with Crippen molar-refractivity contribution in [3.8, 4) is 0 Å². The van der Waals surface area contributed by atoms with Gasteiger partial charge in [0.15, 0.2) is 5.43 Å². The average molecular weight is 311 g/mol. The fraction of sp³-hybridized carbons (Fsp3) is 0. The largest absolute Gasteiger partial charge is 0.361 e. The van der Waals surface area contributed by atoms with Crippen LogP contribution in [0.25, 0.3) is 10.9 Å². The van der Waals surface area contributed by atoms with Crippen LogP contribution in [-0.2, 0) is 3.84 Å². The molecule has 2 radical (unpaired) electrons. The number of hydrogen-bond acceptors (Lipinski definition) is 2. The zero-order valence-corrected chi connectivity index (χ0v) is 10.7. The molecule has 0 fully saturated rings. The second-order valence-corrected chi connectivity index (χ2v) is 2.91. The third-order valence-electron chi connectivity index (χ3n) is 1.67. The van der Waals surface area contributed by atoms with Crippen LogP contribution in [0.2, 0.25) is 0 Å². The van der Waals surface area contributed by atoms with Crippen LogP contribution in [0.15, 0.2) is 41.3 Å². The van der Waals surface area contributed by atoms with Crippen LogP contribution < -0.4 is 5.43 Å². The van der Waals surface area contributed by atoms with Crippen molar-refractivity contribution in [2.45, 2.75) is 0 Å². The van der Waals surface area contributed by atoms with Gasteiger partial charge in [0.05, 0.1) is 23.7 Å². The molecular formula is C9H7Cl2NO2Se. The van der Waals surface area contributed by atoms with Gasteiger partial charge in [-0.15, -0.1) is 0 Å². The van der Waals surface area contributed by atoms with Crippen LogP contribution in [0, 0.1) is 0 Å². The number of aromatic amines is 1. The monoisotopic (exact) mass is 311 g/mol. The maximum absolute atomic E-state index is 11.2. The Morgan fingerprint density at radius 1 is 1.13 bits per heavy atom. The topological polar surface area (TPSA) is 42.1 Å². The van der Waals surface area contributed by atoms with Crippen molar-refractivity contribution in [1.82, 2.24) is 4.98 Å². The van der Waals surface area contributed by atoms with E-state index in [9.17, 15) is 4.79 Å². The molecule has 0 bridgehead atoms. The molecule has 1 aromatic heterocycles. The Morgan fingerprint density at radius 3 is 2.33 bits per heavy atom. The van der Waals surface area contributed by atoms with Crippen LogP contribution in [-0.4, -0.2) is 22.1 Å².